The zero-order chi connectivity index (χ0) is 18.3. The molecule has 1 aromatic heterocycles. The van der Waals surface area contributed by atoms with Gasteiger partial charge in [0.1, 0.15) is 22.3 Å². The Bertz CT molecular complexity index is 1070. The number of fused-ring (bicyclic) bond motifs is 2. The lowest BCUT2D eigenvalue weighted by Crippen LogP contribution is -2.32. The molecule has 9 heteroatoms. The zero-order valence-corrected chi connectivity index (χ0v) is 13.8. The molecule has 0 atom stereocenters. The largest absolute Gasteiger partial charge is 0.472 e. The van der Waals surface area contributed by atoms with Gasteiger partial charge >= 0.3 is 0 Å². The molecule has 130 valence electrons. The molecule has 0 aliphatic carbocycles. The highest BCUT2D eigenvalue weighted by Gasteiger charge is 2.20. The molecular formula is C17H10ClN3O5. The van der Waals surface area contributed by atoms with Crippen LogP contribution in [-0.2, 0) is 0 Å². The molecule has 8 nitrogen and oxygen atoms in total. The van der Waals surface area contributed by atoms with Crippen LogP contribution in [-0.4, -0.2) is 22.5 Å². The van der Waals surface area contributed by atoms with E-state index in [0.29, 0.717) is 33.7 Å². The predicted octanol–water partition coefficient (Wildman–Crippen LogP) is 3.67. The maximum absolute atomic E-state index is 12.0. The molecule has 0 saturated heterocycles. The maximum Gasteiger partial charge on any atom is 0.288 e. The number of nitro benzene ring substituents is 1. The zero-order valence-electron chi connectivity index (χ0n) is 13.1. The molecule has 0 radical (unpaired) electrons. The van der Waals surface area contributed by atoms with Crippen molar-refractivity contribution in [1.82, 2.24) is 10.3 Å². The van der Waals surface area contributed by atoms with Gasteiger partial charge < -0.3 is 14.8 Å². The number of hydrogen-bond acceptors (Lipinski definition) is 6. The molecule has 2 aromatic carbocycles. The van der Waals surface area contributed by atoms with Crippen molar-refractivity contribution in [3.63, 3.8) is 0 Å². The number of pyridine rings is 1. The first kappa shape index (κ1) is 16.1. The Kier molecular flexibility index (Phi) is 3.81. The number of carbonyl (C=O) groups is 1. The first-order valence-corrected chi connectivity index (χ1v) is 7.86. The molecule has 2 heterocycles. The molecule has 0 fully saturated rings. The van der Waals surface area contributed by atoms with E-state index in [9.17, 15) is 14.9 Å². The smallest absolute Gasteiger partial charge is 0.288 e. The summed E-state index contributed by atoms with van der Waals surface area (Å²) in [6.07, 6.45) is 1.56. The average molecular weight is 372 g/mol. The van der Waals surface area contributed by atoms with E-state index in [4.69, 9.17) is 21.1 Å². The lowest BCUT2D eigenvalue weighted by molar-refractivity contribution is -0.384. The molecule has 1 N–H and O–H groups in total. The minimum absolute atomic E-state index is 0.0315. The van der Waals surface area contributed by atoms with E-state index in [1.165, 1.54) is 18.2 Å². The van der Waals surface area contributed by atoms with E-state index < -0.39 is 4.92 Å². The number of aromatic nitrogens is 1. The molecule has 0 bridgehead atoms. The van der Waals surface area contributed by atoms with E-state index in [-0.39, 0.29) is 23.3 Å². The van der Waals surface area contributed by atoms with Gasteiger partial charge in [-0.2, -0.15) is 0 Å². The Labute approximate surface area is 151 Å². The van der Waals surface area contributed by atoms with Crippen LogP contribution in [0, 0.1) is 10.1 Å². The highest BCUT2D eigenvalue weighted by atomic mass is 35.5. The number of amides is 1. The van der Waals surface area contributed by atoms with E-state index in [1.807, 2.05) is 0 Å². The van der Waals surface area contributed by atoms with Crippen molar-refractivity contribution in [3.8, 4) is 17.2 Å². The monoisotopic (exact) mass is 371 g/mol. The van der Waals surface area contributed by atoms with Crippen molar-refractivity contribution in [3.05, 3.63) is 63.3 Å². The van der Waals surface area contributed by atoms with Gasteiger partial charge in [0.25, 0.3) is 11.6 Å². The number of carbonyl (C=O) groups excluding carboxylic acids is 1. The molecule has 1 aliphatic rings. The summed E-state index contributed by atoms with van der Waals surface area (Å²) in [4.78, 5) is 26.6. The molecule has 0 saturated carbocycles. The van der Waals surface area contributed by atoms with Crippen LogP contribution >= 0.6 is 11.6 Å². The van der Waals surface area contributed by atoms with Gasteiger partial charge in [-0.15, -0.1) is 0 Å². The number of halogens is 1. The lowest BCUT2D eigenvalue weighted by atomic mass is 10.1. The van der Waals surface area contributed by atoms with E-state index >= 15 is 0 Å². The van der Waals surface area contributed by atoms with Crippen molar-refractivity contribution in [2.45, 2.75) is 0 Å². The summed E-state index contributed by atoms with van der Waals surface area (Å²) < 4.78 is 11.2. The Morgan fingerprint density at radius 1 is 1.27 bits per heavy atom. The molecule has 3 aromatic rings. The summed E-state index contributed by atoms with van der Waals surface area (Å²) in [7, 11) is 0. The van der Waals surface area contributed by atoms with Crippen LogP contribution in [0.3, 0.4) is 0 Å². The van der Waals surface area contributed by atoms with Gasteiger partial charge in [-0.1, -0.05) is 11.6 Å². The highest BCUT2D eigenvalue weighted by Crippen LogP contribution is 2.36. The second-order valence-electron chi connectivity index (χ2n) is 5.44. The van der Waals surface area contributed by atoms with Crippen LogP contribution in [0.25, 0.3) is 10.9 Å². The fourth-order valence-electron chi connectivity index (χ4n) is 2.63. The molecule has 4 rings (SSSR count). The molecule has 0 spiro atoms. The SMILES string of the molecule is O=C1NCOc2cc3nccc(Oc4ccc([N+](=O)[O-])c(Cl)c4)c3cc21. The van der Waals surface area contributed by atoms with E-state index in [0.717, 1.165) is 0 Å². The normalized spacial score (nSPS) is 12.9. The summed E-state index contributed by atoms with van der Waals surface area (Å²) in [6, 6.07) is 9.01. The minimum Gasteiger partial charge on any atom is -0.472 e. The number of hydrogen-bond donors (Lipinski definition) is 1. The highest BCUT2D eigenvalue weighted by molar-refractivity contribution is 6.32. The van der Waals surface area contributed by atoms with Gasteiger partial charge in [0.05, 0.1) is 16.0 Å². The summed E-state index contributed by atoms with van der Waals surface area (Å²) in [5, 5.41) is 14.0. The van der Waals surface area contributed by atoms with Crippen molar-refractivity contribution in [2.75, 3.05) is 6.73 Å². The number of nitrogens with one attached hydrogen (secondary N) is 1. The Hall–Kier alpha value is -3.39. The third kappa shape index (κ3) is 2.76. The van der Waals surface area contributed by atoms with Gasteiger partial charge in [-0.05, 0) is 18.2 Å². The second-order valence-corrected chi connectivity index (χ2v) is 5.85. The lowest BCUT2D eigenvalue weighted by Gasteiger charge is -2.18. The molecule has 26 heavy (non-hydrogen) atoms. The summed E-state index contributed by atoms with van der Waals surface area (Å²) in [5.41, 5.74) is 0.758. The second kappa shape index (κ2) is 6.16. The molecule has 1 aliphatic heterocycles. The summed E-state index contributed by atoms with van der Waals surface area (Å²) in [5.74, 6) is 0.957. The quantitative estimate of drug-likeness (QED) is 0.556. The summed E-state index contributed by atoms with van der Waals surface area (Å²) in [6.45, 7) is 0.106. The van der Waals surface area contributed by atoms with Crippen LogP contribution in [0.4, 0.5) is 5.69 Å². The van der Waals surface area contributed by atoms with Crippen molar-refractivity contribution in [2.24, 2.45) is 0 Å². The van der Waals surface area contributed by atoms with Crippen molar-refractivity contribution < 1.29 is 19.2 Å². The van der Waals surface area contributed by atoms with Crippen LogP contribution < -0.4 is 14.8 Å². The Balaban J connectivity index is 1.77. The van der Waals surface area contributed by atoms with Crippen LogP contribution in [0.2, 0.25) is 5.02 Å². The van der Waals surface area contributed by atoms with Gasteiger partial charge in [0.2, 0.25) is 0 Å². The van der Waals surface area contributed by atoms with Crippen molar-refractivity contribution in [1.29, 1.82) is 0 Å². The van der Waals surface area contributed by atoms with Crippen LogP contribution in [0.1, 0.15) is 10.4 Å². The maximum atomic E-state index is 12.0. The third-order valence-electron chi connectivity index (χ3n) is 3.85. The minimum atomic E-state index is -0.571. The number of benzene rings is 2. The first-order valence-electron chi connectivity index (χ1n) is 7.48. The number of ether oxygens (including phenoxy) is 2. The number of rotatable bonds is 3. The third-order valence-corrected chi connectivity index (χ3v) is 4.15. The van der Waals surface area contributed by atoms with Gasteiger partial charge in [-0.25, -0.2) is 0 Å². The van der Waals surface area contributed by atoms with E-state index in [1.54, 1.807) is 24.4 Å². The number of nitrogens with zero attached hydrogens (tertiary/aromatic N) is 2. The fourth-order valence-corrected chi connectivity index (χ4v) is 2.87. The molecular weight excluding hydrogens is 362 g/mol. The molecule has 1 amide bonds. The fraction of sp³-hybridized carbons (Fsp3) is 0.0588. The van der Waals surface area contributed by atoms with Gasteiger partial charge in [0.15, 0.2) is 6.73 Å². The van der Waals surface area contributed by atoms with Crippen LogP contribution in [0.15, 0.2) is 42.6 Å². The van der Waals surface area contributed by atoms with Gasteiger partial charge in [-0.3, -0.25) is 19.9 Å². The van der Waals surface area contributed by atoms with E-state index in [2.05, 4.69) is 10.3 Å². The van der Waals surface area contributed by atoms with Gasteiger partial charge in [0, 0.05) is 29.8 Å². The van der Waals surface area contributed by atoms with Crippen LogP contribution in [0.5, 0.6) is 17.2 Å². The predicted molar refractivity (Wildman–Crippen MR) is 92.9 cm³/mol. The average Bonchev–Trinajstić information content (AvgIpc) is 2.61. The summed E-state index contributed by atoms with van der Waals surface area (Å²) >= 11 is 5.92. The van der Waals surface area contributed by atoms with Crippen molar-refractivity contribution >= 4 is 34.1 Å². The molecule has 0 unspecified atom stereocenters. The Morgan fingerprint density at radius 3 is 2.88 bits per heavy atom. The number of nitro groups is 1. The topological polar surface area (TPSA) is 104 Å². The Morgan fingerprint density at radius 2 is 2.12 bits per heavy atom. The standard InChI is InChI=1S/C17H10ClN3O5/c18-12-5-9(1-2-14(12)21(23)24)26-15-3-4-19-13-7-16-11(6-10(13)15)17(22)20-8-25-16/h1-7H,8H2,(H,20,22). The first-order chi connectivity index (χ1) is 12.5.